The summed E-state index contributed by atoms with van der Waals surface area (Å²) in [7, 11) is 0. The molecule has 0 aromatic rings. The van der Waals surface area contributed by atoms with Gasteiger partial charge in [-0.2, -0.15) is 26.3 Å². The summed E-state index contributed by atoms with van der Waals surface area (Å²) in [6, 6.07) is 0. The molecule has 0 aliphatic rings. The van der Waals surface area contributed by atoms with Crippen molar-refractivity contribution >= 4 is 0 Å². The summed E-state index contributed by atoms with van der Waals surface area (Å²) in [5.41, 5.74) is 0. The first-order valence-electron chi connectivity index (χ1n) is 6.15. The van der Waals surface area contributed by atoms with Gasteiger partial charge >= 0.3 is 12.4 Å². The molecule has 0 bridgehead atoms. The van der Waals surface area contributed by atoms with Crippen molar-refractivity contribution in [3.63, 3.8) is 0 Å². The third kappa shape index (κ3) is 10.7. The minimum atomic E-state index is -4.17. The fourth-order valence-corrected chi connectivity index (χ4v) is 1.94. The zero-order valence-corrected chi connectivity index (χ0v) is 10.7. The molecular formula is C12H20F6. The Labute approximate surface area is 104 Å². The second kappa shape index (κ2) is 7.24. The van der Waals surface area contributed by atoms with E-state index in [2.05, 4.69) is 0 Å². The summed E-state index contributed by atoms with van der Waals surface area (Å²) in [5, 5.41) is 0. The Balaban J connectivity index is 3.94. The Morgan fingerprint density at radius 1 is 0.722 bits per heavy atom. The fourth-order valence-electron chi connectivity index (χ4n) is 1.94. The Bertz CT molecular complexity index is 196. The van der Waals surface area contributed by atoms with Crippen molar-refractivity contribution in [2.45, 2.75) is 64.7 Å². The van der Waals surface area contributed by atoms with Crippen molar-refractivity contribution in [2.24, 2.45) is 11.8 Å². The third-order valence-corrected chi connectivity index (χ3v) is 3.01. The zero-order valence-electron chi connectivity index (χ0n) is 10.7. The summed E-state index contributed by atoms with van der Waals surface area (Å²) in [6.45, 7) is 3.68. The third-order valence-electron chi connectivity index (χ3n) is 3.01. The lowest BCUT2D eigenvalue weighted by Gasteiger charge is -2.21. The number of alkyl halides is 6. The number of hydrogen-bond donors (Lipinski definition) is 0. The van der Waals surface area contributed by atoms with Crippen LogP contribution in [0.15, 0.2) is 0 Å². The van der Waals surface area contributed by atoms with Gasteiger partial charge in [0.2, 0.25) is 0 Å². The number of halogens is 6. The van der Waals surface area contributed by atoms with E-state index in [1.54, 1.807) is 0 Å². The van der Waals surface area contributed by atoms with Crippen LogP contribution in [-0.4, -0.2) is 12.4 Å². The molecule has 0 fully saturated rings. The van der Waals surface area contributed by atoms with E-state index in [1.165, 1.54) is 0 Å². The number of hydrogen-bond acceptors (Lipinski definition) is 0. The molecule has 0 N–H and O–H groups in total. The van der Waals surface area contributed by atoms with Crippen molar-refractivity contribution in [1.82, 2.24) is 0 Å². The van der Waals surface area contributed by atoms with E-state index in [0.717, 1.165) is 0 Å². The molecule has 0 spiro atoms. The zero-order chi connectivity index (χ0) is 14.4. The number of rotatable bonds is 7. The van der Waals surface area contributed by atoms with E-state index < -0.39 is 25.2 Å². The molecule has 0 amide bonds. The van der Waals surface area contributed by atoms with Gasteiger partial charge in [0.15, 0.2) is 0 Å². The molecule has 0 aliphatic carbocycles. The average molecular weight is 278 g/mol. The Kier molecular flexibility index (Phi) is 7.07. The maximum absolute atomic E-state index is 12.0. The van der Waals surface area contributed by atoms with Gasteiger partial charge in [0.1, 0.15) is 0 Å². The van der Waals surface area contributed by atoms with Crippen LogP contribution in [0.1, 0.15) is 52.4 Å². The predicted octanol–water partition coefficient (Wildman–Crippen LogP) is 5.72. The fraction of sp³-hybridized carbons (Fsp3) is 1.00. The average Bonchev–Trinajstić information content (AvgIpc) is 2.11. The molecule has 6 heteroatoms. The highest BCUT2D eigenvalue weighted by atomic mass is 19.4. The van der Waals surface area contributed by atoms with Crippen LogP contribution in [0.25, 0.3) is 0 Å². The van der Waals surface area contributed by atoms with E-state index in [0.29, 0.717) is 12.8 Å². The lowest BCUT2D eigenvalue weighted by atomic mass is 9.86. The molecule has 110 valence electrons. The Morgan fingerprint density at radius 3 is 1.28 bits per heavy atom. The molecule has 0 atom stereocenters. The molecule has 0 aliphatic heterocycles. The highest BCUT2D eigenvalue weighted by Crippen LogP contribution is 2.30. The molecule has 18 heavy (non-hydrogen) atoms. The van der Waals surface area contributed by atoms with Crippen LogP contribution in [0.3, 0.4) is 0 Å². The molecule has 0 aromatic heterocycles. The minimum Gasteiger partial charge on any atom is -0.171 e. The minimum absolute atomic E-state index is 0.00162. The Hall–Kier alpha value is -0.420. The van der Waals surface area contributed by atoms with Crippen LogP contribution in [-0.2, 0) is 0 Å². The predicted molar refractivity (Wildman–Crippen MR) is 58.1 cm³/mol. The highest BCUT2D eigenvalue weighted by Gasteiger charge is 2.29. The van der Waals surface area contributed by atoms with Gasteiger partial charge in [0, 0.05) is 12.8 Å². The summed E-state index contributed by atoms with van der Waals surface area (Å²) in [6.07, 6.45) is -9.37. The molecule has 0 saturated heterocycles. The maximum atomic E-state index is 12.0. The molecule has 0 rings (SSSR count). The van der Waals surface area contributed by atoms with Gasteiger partial charge in [-0.1, -0.05) is 13.8 Å². The standard InChI is InChI=1S/C12H20F6/c1-9(2)10(5-3-7-11(13,14)15)6-4-8-12(16,17)18/h9-10H,3-8H2,1-2H3. The van der Waals surface area contributed by atoms with Crippen molar-refractivity contribution < 1.29 is 26.3 Å². The Morgan fingerprint density at radius 2 is 1.06 bits per heavy atom. The summed E-state index contributed by atoms with van der Waals surface area (Å²) >= 11 is 0. The SMILES string of the molecule is CC(C)C(CCCC(F)(F)F)CCCC(F)(F)F. The van der Waals surface area contributed by atoms with Crippen LogP contribution in [0.2, 0.25) is 0 Å². The summed E-state index contributed by atoms with van der Waals surface area (Å²) < 4.78 is 71.8. The maximum Gasteiger partial charge on any atom is 0.389 e. The summed E-state index contributed by atoms with van der Waals surface area (Å²) in [5.74, 6) is 0.0566. The van der Waals surface area contributed by atoms with Gasteiger partial charge in [0.25, 0.3) is 0 Å². The van der Waals surface area contributed by atoms with Gasteiger partial charge in [-0.15, -0.1) is 0 Å². The van der Waals surface area contributed by atoms with Crippen molar-refractivity contribution in [3.05, 3.63) is 0 Å². The molecule has 0 nitrogen and oxygen atoms in total. The first-order chi connectivity index (χ1) is 8.01. The molecule has 0 radical (unpaired) electrons. The normalized spacial score (nSPS) is 13.7. The van der Waals surface area contributed by atoms with Gasteiger partial charge in [-0.25, -0.2) is 0 Å². The lowest BCUT2D eigenvalue weighted by Crippen LogP contribution is -2.14. The van der Waals surface area contributed by atoms with Crippen molar-refractivity contribution in [3.8, 4) is 0 Å². The van der Waals surface area contributed by atoms with E-state index >= 15 is 0 Å². The lowest BCUT2D eigenvalue weighted by molar-refractivity contribution is -0.136. The molecule has 0 heterocycles. The molecule has 0 aromatic carbocycles. The van der Waals surface area contributed by atoms with Crippen LogP contribution in [0.4, 0.5) is 26.3 Å². The van der Waals surface area contributed by atoms with E-state index in [1.807, 2.05) is 13.8 Å². The van der Waals surface area contributed by atoms with E-state index in [4.69, 9.17) is 0 Å². The largest absolute Gasteiger partial charge is 0.389 e. The first-order valence-corrected chi connectivity index (χ1v) is 6.15. The van der Waals surface area contributed by atoms with Crippen LogP contribution >= 0.6 is 0 Å². The van der Waals surface area contributed by atoms with E-state index in [9.17, 15) is 26.3 Å². The van der Waals surface area contributed by atoms with Crippen molar-refractivity contribution in [1.29, 1.82) is 0 Å². The summed E-state index contributed by atoms with van der Waals surface area (Å²) in [4.78, 5) is 0. The van der Waals surface area contributed by atoms with Crippen molar-refractivity contribution in [2.75, 3.05) is 0 Å². The second-order valence-corrected chi connectivity index (χ2v) is 5.02. The van der Waals surface area contributed by atoms with E-state index in [-0.39, 0.29) is 24.7 Å². The van der Waals surface area contributed by atoms with Gasteiger partial charge < -0.3 is 0 Å². The second-order valence-electron chi connectivity index (χ2n) is 5.02. The molecule has 0 unspecified atom stereocenters. The monoisotopic (exact) mass is 278 g/mol. The topological polar surface area (TPSA) is 0 Å². The smallest absolute Gasteiger partial charge is 0.171 e. The van der Waals surface area contributed by atoms with Crippen LogP contribution in [0.5, 0.6) is 0 Å². The van der Waals surface area contributed by atoms with Gasteiger partial charge in [0.05, 0.1) is 0 Å². The quantitative estimate of drug-likeness (QED) is 0.522. The molecule has 0 saturated carbocycles. The highest BCUT2D eigenvalue weighted by molar-refractivity contribution is 4.66. The van der Waals surface area contributed by atoms with Gasteiger partial charge in [-0.05, 0) is 37.5 Å². The van der Waals surface area contributed by atoms with Gasteiger partial charge in [-0.3, -0.25) is 0 Å². The van der Waals surface area contributed by atoms with Crippen LogP contribution in [0, 0.1) is 11.8 Å². The first kappa shape index (κ1) is 17.6. The van der Waals surface area contributed by atoms with Crippen LogP contribution < -0.4 is 0 Å². The molecular weight excluding hydrogens is 258 g/mol.